The molecule has 1 atom stereocenters. The average molecular weight is 223 g/mol. The molecule has 0 aliphatic rings. The Bertz CT molecular complexity index is 332. The van der Waals surface area contributed by atoms with Crippen LogP contribution in [-0.2, 0) is 5.60 Å². The fourth-order valence-corrected chi connectivity index (χ4v) is 1.65. The molecule has 0 heterocycles. The Morgan fingerprint density at radius 2 is 2.00 bits per heavy atom. The molecule has 1 aromatic rings. The van der Waals surface area contributed by atoms with Crippen molar-refractivity contribution in [1.82, 2.24) is 0 Å². The first kappa shape index (κ1) is 13.0. The number of hydrogen-bond acceptors (Lipinski definition) is 3. The minimum Gasteiger partial charge on any atom is -0.491 e. The van der Waals surface area contributed by atoms with E-state index in [1.54, 1.807) is 0 Å². The smallest absolute Gasteiger partial charge is 0.125 e. The van der Waals surface area contributed by atoms with Crippen molar-refractivity contribution in [2.45, 2.75) is 38.9 Å². The summed E-state index contributed by atoms with van der Waals surface area (Å²) in [7, 11) is 0. The molecule has 0 bridgehead atoms. The highest BCUT2D eigenvalue weighted by molar-refractivity contribution is 5.38. The number of para-hydroxylation sites is 1. The van der Waals surface area contributed by atoms with E-state index >= 15 is 0 Å². The van der Waals surface area contributed by atoms with Crippen molar-refractivity contribution in [1.29, 1.82) is 0 Å². The quantitative estimate of drug-likeness (QED) is 0.803. The summed E-state index contributed by atoms with van der Waals surface area (Å²) in [5, 5.41) is 10.4. The van der Waals surface area contributed by atoms with Gasteiger partial charge in [-0.1, -0.05) is 25.1 Å². The van der Waals surface area contributed by atoms with Crippen LogP contribution in [0.15, 0.2) is 24.3 Å². The molecule has 1 aromatic carbocycles. The van der Waals surface area contributed by atoms with Crippen LogP contribution in [0.1, 0.15) is 32.8 Å². The number of benzene rings is 1. The van der Waals surface area contributed by atoms with Crippen LogP contribution in [0.3, 0.4) is 0 Å². The molecule has 1 rings (SSSR count). The van der Waals surface area contributed by atoms with Gasteiger partial charge in [-0.05, 0) is 26.3 Å². The Balaban J connectivity index is 3.11. The Hall–Kier alpha value is -1.06. The summed E-state index contributed by atoms with van der Waals surface area (Å²) in [6.45, 7) is 6.04. The van der Waals surface area contributed by atoms with Crippen molar-refractivity contribution < 1.29 is 9.84 Å². The van der Waals surface area contributed by atoms with Crippen LogP contribution in [0.5, 0.6) is 5.75 Å². The third kappa shape index (κ3) is 2.74. The minimum atomic E-state index is -0.995. The highest BCUT2D eigenvalue weighted by Gasteiger charge is 2.28. The second-order valence-electron chi connectivity index (χ2n) is 4.25. The van der Waals surface area contributed by atoms with E-state index in [1.807, 2.05) is 45.0 Å². The Morgan fingerprint density at radius 3 is 2.50 bits per heavy atom. The molecule has 3 nitrogen and oxygen atoms in total. The van der Waals surface area contributed by atoms with E-state index in [2.05, 4.69) is 0 Å². The SMILES string of the molecule is CCC(O)(CN)c1ccccc1OC(C)C. The molecule has 0 saturated heterocycles. The zero-order valence-electron chi connectivity index (χ0n) is 10.2. The molecule has 0 aromatic heterocycles. The number of hydrogen-bond donors (Lipinski definition) is 2. The van der Waals surface area contributed by atoms with E-state index in [1.165, 1.54) is 0 Å². The van der Waals surface area contributed by atoms with Gasteiger partial charge in [0.1, 0.15) is 11.4 Å². The van der Waals surface area contributed by atoms with E-state index in [9.17, 15) is 5.11 Å². The van der Waals surface area contributed by atoms with Gasteiger partial charge in [0.25, 0.3) is 0 Å². The molecule has 90 valence electrons. The van der Waals surface area contributed by atoms with Gasteiger partial charge in [0.05, 0.1) is 6.10 Å². The third-order valence-corrected chi connectivity index (χ3v) is 2.67. The van der Waals surface area contributed by atoms with Crippen LogP contribution in [0, 0.1) is 0 Å². The number of aliphatic hydroxyl groups is 1. The number of rotatable bonds is 5. The lowest BCUT2D eigenvalue weighted by Crippen LogP contribution is -2.34. The summed E-state index contributed by atoms with van der Waals surface area (Å²) < 4.78 is 5.68. The van der Waals surface area contributed by atoms with Gasteiger partial charge in [-0.2, -0.15) is 0 Å². The van der Waals surface area contributed by atoms with Gasteiger partial charge in [-0.3, -0.25) is 0 Å². The molecule has 3 heteroatoms. The minimum absolute atomic E-state index is 0.0834. The number of nitrogens with two attached hydrogens (primary N) is 1. The zero-order valence-corrected chi connectivity index (χ0v) is 10.2. The maximum Gasteiger partial charge on any atom is 0.125 e. The first-order chi connectivity index (χ1) is 7.53. The van der Waals surface area contributed by atoms with Crippen molar-refractivity contribution in [3.8, 4) is 5.75 Å². The van der Waals surface area contributed by atoms with Gasteiger partial charge < -0.3 is 15.6 Å². The molecule has 0 amide bonds. The second-order valence-corrected chi connectivity index (χ2v) is 4.25. The van der Waals surface area contributed by atoms with Crippen molar-refractivity contribution >= 4 is 0 Å². The lowest BCUT2D eigenvalue weighted by Gasteiger charge is -2.28. The van der Waals surface area contributed by atoms with Crippen LogP contribution in [-0.4, -0.2) is 17.8 Å². The van der Waals surface area contributed by atoms with Gasteiger partial charge in [-0.15, -0.1) is 0 Å². The summed E-state index contributed by atoms with van der Waals surface area (Å²) in [5.41, 5.74) is 5.42. The fourth-order valence-electron chi connectivity index (χ4n) is 1.65. The van der Waals surface area contributed by atoms with E-state index in [0.29, 0.717) is 12.2 Å². The lowest BCUT2D eigenvalue weighted by atomic mass is 9.90. The molecule has 0 spiro atoms. The molecule has 0 aliphatic carbocycles. The van der Waals surface area contributed by atoms with Crippen molar-refractivity contribution in [2.75, 3.05) is 6.54 Å². The molecule has 0 aliphatic heterocycles. The van der Waals surface area contributed by atoms with Gasteiger partial charge in [0.2, 0.25) is 0 Å². The van der Waals surface area contributed by atoms with E-state index in [4.69, 9.17) is 10.5 Å². The molecule has 0 radical (unpaired) electrons. The van der Waals surface area contributed by atoms with Crippen LogP contribution in [0.2, 0.25) is 0 Å². The van der Waals surface area contributed by atoms with Crippen molar-refractivity contribution in [3.63, 3.8) is 0 Å². The third-order valence-electron chi connectivity index (χ3n) is 2.67. The lowest BCUT2D eigenvalue weighted by molar-refractivity contribution is 0.0377. The largest absolute Gasteiger partial charge is 0.491 e. The Labute approximate surface area is 97.2 Å². The second kappa shape index (κ2) is 5.32. The van der Waals surface area contributed by atoms with Gasteiger partial charge in [0.15, 0.2) is 0 Å². The van der Waals surface area contributed by atoms with E-state index in [0.717, 1.165) is 5.56 Å². The van der Waals surface area contributed by atoms with Crippen LogP contribution < -0.4 is 10.5 Å². The highest BCUT2D eigenvalue weighted by Crippen LogP contribution is 2.32. The summed E-state index contributed by atoms with van der Waals surface area (Å²) in [5.74, 6) is 0.715. The van der Waals surface area contributed by atoms with Crippen LogP contribution in [0.25, 0.3) is 0 Å². The molecular weight excluding hydrogens is 202 g/mol. The molecule has 1 unspecified atom stereocenters. The van der Waals surface area contributed by atoms with E-state index in [-0.39, 0.29) is 12.6 Å². The first-order valence-corrected chi connectivity index (χ1v) is 5.72. The van der Waals surface area contributed by atoms with Gasteiger partial charge in [0, 0.05) is 12.1 Å². The fraction of sp³-hybridized carbons (Fsp3) is 0.538. The predicted octanol–water partition coefficient (Wildman–Crippen LogP) is 2.03. The summed E-state index contributed by atoms with van der Waals surface area (Å²) in [4.78, 5) is 0. The summed E-state index contributed by atoms with van der Waals surface area (Å²) in [6, 6.07) is 7.52. The van der Waals surface area contributed by atoms with Crippen molar-refractivity contribution in [2.24, 2.45) is 5.73 Å². The van der Waals surface area contributed by atoms with Gasteiger partial charge >= 0.3 is 0 Å². The van der Waals surface area contributed by atoms with Crippen molar-refractivity contribution in [3.05, 3.63) is 29.8 Å². The predicted molar refractivity (Wildman–Crippen MR) is 65.4 cm³/mol. The molecular formula is C13H21NO2. The molecule has 0 saturated carbocycles. The first-order valence-electron chi connectivity index (χ1n) is 5.72. The number of ether oxygens (including phenoxy) is 1. The molecule has 16 heavy (non-hydrogen) atoms. The highest BCUT2D eigenvalue weighted by atomic mass is 16.5. The molecule has 0 fully saturated rings. The summed E-state index contributed by atoms with van der Waals surface area (Å²) in [6.07, 6.45) is 0.655. The maximum absolute atomic E-state index is 10.4. The topological polar surface area (TPSA) is 55.5 Å². The Kier molecular flexibility index (Phi) is 4.33. The zero-order chi connectivity index (χ0) is 12.2. The van der Waals surface area contributed by atoms with Crippen LogP contribution in [0.4, 0.5) is 0 Å². The monoisotopic (exact) mass is 223 g/mol. The van der Waals surface area contributed by atoms with Gasteiger partial charge in [-0.25, -0.2) is 0 Å². The van der Waals surface area contributed by atoms with Crippen LogP contribution >= 0.6 is 0 Å². The standard InChI is InChI=1S/C13H21NO2/c1-4-13(15,9-14)11-7-5-6-8-12(11)16-10(2)3/h5-8,10,15H,4,9,14H2,1-3H3. The molecule has 3 N–H and O–H groups in total. The normalized spacial score (nSPS) is 14.9. The Morgan fingerprint density at radius 1 is 1.38 bits per heavy atom. The van der Waals surface area contributed by atoms with E-state index < -0.39 is 5.60 Å². The maximum atomic E-state index is 10.4. The summed E-state index contributed by atoms with van der Waals surface area (Å²) >= 11 is 0. The average Bonchev–Trinajstić information content (AvgIpc) is 2.28.